The molecule has 0 spiro atoms. The minimum atomic E-state index is 0.0210. The maximum Gasteiger partial charge on any atom is 0.234 e. The Hall–Kier alpha value is -1.67. The zero-order valence-electron chi connectivity index (χ0n) is 16.8. The van der Waals surface area contributed by atoms with Crippen molar-refractivity contribution in [3.63, 3.8) is 0 Å². The zero-order valence-corrected chi connectivity index (χ0v) is 17.6. The second kappa shape index (κ2) is 10.8. The number of thiophene rings is 1. The molecule has 0 bridgehead atoms. The molecule has 3 rings (SSSR count). The van der Waals surface area contributed by atoms with Gasteiger partial charge in [0.25, 0.3) is 0 Å². The average Bonchev–Trinajstić information content (AvgIpc) is 3.34. The molecule has 2 aromatic rings. The minimum Gasteiger partial charge on any atom is -0.468 e. The maximum atomic E-state index is 12.6. The fourth-order valence-corrected chi connectivity index (χ4v) is 4.23. The van der Waals surface area contributed by atoms with Gasteiger partial charge < -0.3 is 14.5 Å². The third kappa shape index (κ3) is 7.05. The van der Waals surface area contributed by atoms with E-state index < -0.39 is 0 Å². The number of rotatable bonds is 10. The Morgan fingerprint density at radius 3 is 2.96 bits per heavy atom. The van der Waals surface area contributed by atoms with Gasteiger partial charge in [0.15, 0.2) is 0 Å². The van der Waals surface area contributed by atoms with Crippen molar-refractivity contribution in [1.29, 1.82) is 0 Å². The second-order valence-electron chi connectivity index (χ2n) is 7.75. The number of carbonyl (C=O) groups is 1. The Bertz CT molecular complexity index is 652. The fourth-order valence-electron chi connectivity index (χ4n) is 3.49. The standard InChI is InChI=1S/C21H31N3O3S/c1-17(2)12-23-7-9-27-19(14-23)11-22-21(25)16-24(13-18-5-3-8-26-18)15-20-6-4-10-28-20/h3-6,8,10,17,19H,7,9,11-16H2,1-2H3,(H,22,25). The Kier molecular flexibility index (Phi) is 8.09. The van der Waals surface area contributed by atoms with Crippen molar-refractivity contribution in [2.45, 2.75) is 33.0 Å². The number of nitrogens with zero attached hydrogens (tertiary/aromatic N) is 2. The average molecular weight is 406 g/mol. The highest BCUT2D eigenvalue weighted by Gasteiger charge is 2.22. The van der Waals surface area contributed by atoms with Crippen LogP contribution < -0.4 is 5.32 Å². The number of carbonyl (C=O) groups excluding carboxylic acids is 1. The first-order chi connectivity index (χ1) is 13.6. The van der Waals surface area contributed by atoms with Gasteiger partial charge in [0.1, 0.15) is 5.76 Å². The van der Waals surface area contributed by atoms with Crippen LogP contribution in [0.3, 0.4) is 0 Å². The van der Waals surface area contributed by atoms with Gasteiger partial charge >= 0.3 is 0 Å². The highest BCUT2D eigenvalue weighted by molar-refractivity contribution is 7.09. The number of amides is 1. The fraction of sp³-hybridized carbons (Fsp3) is 0.571. The van der Waals surface area contributed by atoms with E-state index in [4.69, 9.17) is 9.15 Å². The van der Waals surface area contributed by atoms with Crippen molar-refractivity contribution in [1.82, 2.24) is 15.1 Å². The maximum absolute atomic E-state index is 12.6. The van der Waals surface area contributed by atoms with Gasteiger partial charge in [-0.05, 0) is 29.5 Å². The van der Waals surface area contributed by atoms with Crippen LogP contribution >= 0.6 is 11.3 Å². The molecule has 1 amide bonds. The lowest BCUT2D eigenvalue weighted by Crippen LogP contribution is -2.49. The van der Waals surface area contributed by atoms with E-state index in [0.29, 0.717) is 25.6 Å². The largest absolute Gasteiger partial charge is 0.468 e. The zero-order chi connectivity index (χ0) is 19.8. The summed E-state index contributed by atoms with van der Waals surface area (Å²) in [7, 11) is 0. The van der Waals surface area contributed by atoms with Crippen molar-refractivity contribution in [3.05, 3.63) is 46.5 Å². The van der Waals surface area contributed by atoms with Gasteiger partial charge in [-0.15, -0.1) is 11.3 Å². The van der Waals surface area contributed by atoms with Crippen LogP contribution in [0.1, 0.15) is 24.5 Å². The van der Waals surface area contributed by atoms with Crippen LogP contribution in [-0.2, 0) is 22.6 Å². The summed E-state index contributed by atoms with van der Waals surface area (Å²) in [6.45, 7) is 10.4. The number of morpholine rings is 1. The molecule has 6 nitrogen and oxygen atoms in total. The van der Waals surface area contributed by atoms with Gasteiger partial charge in [-0.3, -0.25) is 14.6 Å². The molecule has 1 N–H and O–H groups in total. The highest BCUT2D eigenvalue weighted by Crippen LogP contribution is 2.14. The summed E-state index contributed by atoms with van der Waals surface area (Å²) in [6.07, 6.45) is 1.73. The number of hydrogen-bond donors (Lipinski definition) is 1. The molecular formula is C21H31N3O3S. The van der Waals surface area contributed by atoms with Gasteiger partial charge in [-0.1, -0.05) is 19.9 Å². The van der Waals surface area contributed by atoms with Gasteiger partial charge in [-0.25, -0.2) is 0 Å². The van der Waals surface area contributed by atoms with E-state index in [9.17, 15) is 4.79 Å². The number of hydrogen-bond acceptors (Lipinski definition) is 6. The van der Waals surface area contributed by atoms with E-state index in [2.05, 4.69) is 40.4 Å². The SMILES string of the molecule is CC(C)CN1CCOC(CNC(=O)CN(Cc2ccco2)Cc2cccs2)C1. The summed E-state index contributed by atoms with van der Waals surface area (Å²) in [5.41, 5.74) is 0. The molecule has 0 radical (unpaired) electrons. The smallest absolute Gasteiger partial charge is 0.234 e. The summed E-state index contributed by atoms with van der Waals surface area (Å²) < 4.78 is 11.3. The number of furan rings is 1. The van der Waals surface area contributed by atoms with Crippen molar-refractivity contribution >= 4 is 17.2 Å². The lowest BCUT2D eigenvalue weighted by molar-refractivity contribution is -0.123. The van der Waals surface area contributed by atoms with E-state index in [1.807, 2.05) is 18.2 Å². The van der Waals surface area contributed by atoms with Crippen LogP contribution in [0.25, 0.3) is 0 Å². The third-order valence-corrected chi connectivity index (χ3v) is 5.52. The summed E-state index contributed by atoms with van der Waals surface area (Å²) >= 11 is 1.70. The van der Waals surface area contributed by atoms with Crippen LogP contribution in [0.4, 0.5) is 0 Å². The number of ether oxygens (including phenoxy) is 1. The Morgan fingerprint density at radius 2 is 2.25 bits per heavy atom. The van der Waals surface area contributed by atoms with Gasteiger partial charge in [0.2, 0.25) is 5.91 Å². The molecule has 0 aliphatic carbocycles. The van der Waals surface area contributed by atoms with Gasteiger partial charge in [-0.2, -0.15) is 0 Å². The first-order valence-electron chi connectivity index (χ1n) is 9.96. The molecule has 28 heavy (non-hydrogen) atoms. The molecule has 1 saturated heterocycles. The molecule has 1 unspecified atom stereocenters. The Balaban J connectivity index is 1.47. The molecule has 1 atom stereocenters. The predicted molar refractivity (Wildman–Crippen MR) is 111 cm³/mol. The lowest BCUT2D eigenvalue weighted by atomic mass is 10.2. The highest BCUT2D eigenvalue weighted by atomic mass is 32.1. The molecule has 3 heterocycles. The second-order valence-corrected chi connectivity index (χ2v) is 8.79. The minimum absolute atomic E-state index is 0.0210. The van der Waals surface area contributed by atoms with Crippen LogP contribution in [0.5, 0.6) is 0 Å². The summed E-state index contributed by atoms with van der Waals surface area (Å²) in [6, 6.07) is 7.95. The van der Waals surface area contributed by atoms with Crippen molar-refractivity contribution < 1.29 is 13.9 Å². The van der Waals surface area contributed by atoms with E-state index in [-0.39, 0.29) is 12.0 Å². The topological polar surface area (TPSA) is 58.0 Å². The Morgan fingerprint density at radius 1 is 1.36 bits per heavy atom. The molecule has 1 aliphatic rings. The normalized spacial score (nSPS) is 18.1. The van der Waals surface area contributed by atoms with Gasteiger partial charge in [0.05, 0.1) is 32.1 Å². The van der Waals surface area contributed by atoms with E-state index in [0.717, 1.165) is 38.5 Å². The van der Waals surface area contributed by atoms with Crippen LogP contribution in [0.2, 0.25) is 0 Å². The predicted octanol–water partition coefficient (Wildman–Crippen LogP) is 2.82. The van der Waals surface area contributed by atoms with E-state index in [1.54, 1.807) is 17.6 Å². The summed E-state index contributed by atoms with van der Waals surface area (Å²) in [5, 5.41) is 5.12. The summed E-state index contributed by atoms with van der Waals surface area (Å²) in [4.78, 5) is 18.3. The summed E-state index contributed by atoms with van der Waals surface area (Å²) in [5.74, 6) is 1.53. The van der Waals surface area contributed by atoms with Crippen LogP contribution in [0.15, 0.2) is 40.3 Å². The Labute approximate surface area is 171 Å². The lowest BCUT2D eigenvalue weighted by Gasteiger charge is -2.34. The third-order valence-electron chi connectivity index (χ3n) is 4.66. The molecule has 0 saturated carbocycles. The molecule has 154 valence electrons. The van der Waals surface area contributed by atoms with Crippen molar-refractivity contribution in [2.24, 2.45) is 5.92 Å². The monoisotopic (exact) mass is 405 g/mol. The van der Waals surface area contributed by atoms with Crippen molar-refractivity contribution in [3.8, 4) is 0 Å². The molecule has 1 aliphatic heterocycles. The quantitative estimate of drug-likeness (QED) is 0.659. The molecule has 0 aromatic carbocycles. The number of nitrogens with one attached hydrogen (secondary N) is 1. The van der Waals surface area contributed by atoms with E-state index >= 15 is 0 Å². The molecule has 2 aromatic heterocycles. The van der Waals surface area contributed by atoms with Crippen LogP contribution in [0, 0.1) is 5.92 Å². The first-order valence-corrected chi connectivity index (χ1v) is 10.8. The van der Waals surface area contributed by atoms with Gasteiger partial charge in [0, 0.05) is 37.6 Å². The van der Waals surface area contributed by atoms with E-state index in [1.165, 1.54) is 4.88 Å². The molecule has 7 heteroatoms. The molecule has 1 fully saturated rings. The van der Waals surface area contributed by atoms with Crippen LogP contribution in [-0.4, -0.2) is 61.1 Å². The van der Waals surface area contributed by atoms with Crippen molar-refractivity contribution in [2.75, 3.05) is 39.3 Å². The molecular weight excluding hydrogens is 374 g/mol. The first kappa shape index (κ1) is 21.0.